The predicted molar refractivity (Wildman–Crippen MR) is 85.3 cm³/mol. The molecule has 1 aromatic carbocycles. The third-order valence-electron chi connectivity index (χ3n) is 4.61. The molecule has 3 heterocycles. The molecule has 0 N–H and O–H groups in total. The Bertz CT molecular complexity index is 749. The zero-order chi connectivity index (χ0) is 17.2. The summed E-state index contributed by atoms with van der Waals surface area (Å²) in [5, 5.41) is 3.87. The zero-order valence-corrected chi connectivity index (χ0v) is 13.9. The van der Waals surface area contributed by atoms with Crippen LogP contribution in [0.15, 0.2) is 29.1 Å². The number of rotatable bonds is 3. The normalized spacial score (nSPS) is 22.8. The van der Waals surface area contributed by atoms with Gasteiger partial charge in [0.2, 0.25) is 12.3 Å². The van der Waals surface area contributed by atoms with Crippen LogP contribution in [0.2, 0.25) is 0 Å². The number of amides is 1. The van der Waals surface area contributed by atoms with Crippen molar-refractivity contribution in [1.82, 2.24) is 15.0 Å². The zero-order valence-electron chi connectivity index (χ0n) is 13.9. The van der Waals surface area contributed by atoms with Gasteiger partial charge < -0.3 is 23.6 Å². The van der Waals surface area contributed by atoms with Crippen molar-refractivity contribution in [3.05, 3.63) is 36.0 Å². The lowest BCUT2D eigenvalue weighted by atomic mass is 9.94. The molecule has 2 aromatic rings. The van der Waals surface area contributed by atoms with E-state index in [1.165, 1.54) is 6.39 Å². The van der Waals surface area contributed by atoms with Gasteiger partial charge >= 0.3 is 0 Å². The number of carbonyl (C=O) groups is 1. The highest BCUT2D eigenvalue weighted by Gasteiger charge is 2.37. The largest absolute Gasteiger partial charge is 0.497 e. The average Bonchev–Trinajstić information content (AvgIpc) is 3.21. The summed E-state index contributed by atoms with van der Waals surface area (Å²) in [4.78, 5) is 18.9. The number of nitrogens with zero attached hydrogens (tertiary/aromatic N) is 3. The van der Waals surface area contributed by atoms with Crippen LogP contribution in [0.3, 0.4) is 0 Å². The summed E-state index contributed by atoms with van der Waals surface area (Å²) in [5.74, 6) is 1.79. The van der Waals surface area contributed by atoms with Crippen molar-refractivity contribution in [3.8, 4) is 11.5 Å². The van der Waals surface area contributed by atoms with Crippen LogP contribution in [-0.4, -0.2) is 54.4 Å². The smallest absolute Gasteiger partial charge is 0.230 e. The van der Waals surface area contributed by atoms with Crippen molar-refractivity contribution >= 4 is 5.91 Å². The van der Waals surface area contributed by atoms with Crippen molar-refractivity contribution in [2.24, 2.45) is 5.92 Å². The second kappa shape index (κ2) is 6.72. The molecule has 0 saturated carbocycles. The molecule has 8 heteroatoms. The summed E-state index contributed by atoms with van der Waals surface area (Å²) in [6.45, 7) is 1.72. The van der Waals surface area contributed by atoms with Crippen molar-refractivity contribution in [2.75, 3.05) is 33.5 Å². The molecule has 0 aliphatic carbocycles. The maximum Gasteiger partial charge on any atom is 0.230 e. The van der Waals surface area contributed by atoms with E-state index in [0.29, 0.717) is 38.6 Å². The predicted octanol–water partition coefficient (Wildman–Crippen LogP) is 1.23. The maximum atomic E-state index is 13.1. The number of carbonyl (C=O) groups excluding carboxylic acids is 1. The van der Waals surface area contributed by atoms with Crippen LogP contribution in [0.1, 0.15) is 17.4 Å². The fraction of sp³-hybridized carbons (Fsp3) is 0.471. The molecule has 0 bridgehead atoms. The van der Waals surface area contributed by atoms with Crippen LogP contribution in [0.25, 0.3) is 0 Å². The van der Waals surface area contributed by atoms with Gasteiger partial charge in [0.1, 0.15) is 24.1 Å². The summed E-state index contributed by atoms with van der Waals surface area (Å²) < 4.78 is 21.4. The van der Waals surface area contributed by atoms with Gasteiger partial charge in [-0.15, -0.1) is 0 Å². The van der Waals surface area contributed by atoms with Crippen LogP contribution >= 0.6 is 0 Å². The summed E-state index contributed by atoms with van der Waals surface area (Å²) in [5.41, 5.74) is 0.980. The first-order valence-corrected chi connectivity index (χ1v) is 8.20. The highest BCUT2D eigenvalue weighted by atomic mass is 16.5. The number of fused-ring (bicyclic) bond motifs is 1. The highest BCUT2D eigenvalue weighted by Crippen LogP contribution is 2.33. The molecule has 2 aliphatic rings. The minimum Gasteiger partial charge on any atom is -0.497 e. The first kappa shape index (κ1) is 15.9. The van der Waals surface area contributed by atoms with Crippen molar-refractivity contribution in [1.29, 1.82) is 0 Å². The van der Waals surface area contributed by atoms with Crippen molar-refractivity contribution < 1.29 is 23.5 Å². The molecule has 1 aromatic heterocycles. The van der Waals surface area contributed by atoms with Gasteiger partial charge in [0.25, 0.3) is 0 Å². The molecule has 8 nitrogen and oxygen atoms in total. The Labute approximate surface area is 144 Å². The van der Waals surface area contributed by atoms with E-state index in [1.54, 1.807) is 12.0 Å². The molecule has 25 heavy (non-hydrogen) atoms. The van der Waals surface area contributed by atoms with Crippen molar-refractivity contribution in [3.63, 3.8) is 0 Å². The quantitative estimate of drug-likeness (QED) is 0.827. The van der Waals surface area contributed by atoms with Gasteiger partial charge in [0.05, 0.1) is 26.2 Å². The Morgan fingerprint density at radius 1 is 1.36 bits per heavy atom. The number of morpholine rings is 1. The highest BCUT2D eigenvalue weighted by molar-refractivity contribution is 5.80. The minimum atomic E-state index is -0.327. The van der Waals surface area contributed by atoms with Crippen LogP contribution in [0, 0.1) is 5.92 Å². The summed E-state index contributed by atoms with van der Waals surface area (Å²) in [7, 11) is 1.62. The number of aromatic nitrogens is 2. The Hall–Kier alpha value is -2.61. The van der Waals surface area contributed by atoms with Gasteiger partial charge in [-0.25, -0.2) is 0 Å². The van der Waals surface area contributed by atoms with Gasteiger partial charge in [-0.3, -0.25) is 4.79 Å². The Morgan fingerprint density at radius 2 is 2.28 bits per heavy atom. The number of ether oxygens (including phenoxy) is 3. The van der Waals surface area contributed by atoms with E-state index in [1.807, 2.05) is 18.2 Å². The van der Waals surface area contributed by atoms with E-state index in [2.05, 4.69) is 10.1 Å². The molecule has 4 rings (SSSR count). The average molecular weight is 345 g/mol. The van der Waals surface area contributed by atoms with Gasteiger partial charge in [-0.2, -0.15) is 4.98 Å². The first-order chi connectivity index (χ1) is 12.3. The van der Waals surface area contributed by atoms with Gasteiger partial charge in [-0.05, 0) is 30.2 Å². The van der Waals surface area contributed by atoms with Crippen LogP contribution in [0.5, 0.6) is 11.5 Å². The van der Waals surface area contributed by atoms with E-state index < -0.39 is 0 Å². The molecule has 2 unspecified atom stereocenters. The lowest BCUT2D eigenvalue weighted by molar-refractivity contribution is -0.146. The first-order valence-electron chi connectivity index (χ1n) is 8.20. The summed E-state index contributed by atoms with van der Waals surface area (Å²) in [6, 6.07) is 5.33. The standard InChI is InChI=1S/C17H19N3O5/c1-22-13-2-3-15-11(7-13)6-12(8-24-15)17(21)20-4-5-23-9-14(20)16-18-10-25-19-16/h2-3,7,10,12,14H,4-6,8-9H2,1H3. The maximum absolute atomic E-state index is 13.1. The molecule has 132 valence electrons. The number of methoxy groups -OCH3 is 1. The Morgan fingerprint density at radius 3 is 3.08 bits per heavy atom. The molecular weight excluding hydrogens is 326 g/mol. The number of hydrogen-bond acceptors (Lipinski definition) is 7. The monoisotopic (exact) mass is 345 g/mol. The lowest BCUT2D eigenvalue weighted by Gasteiger charge is -2.37. The molecule has 0 radical (unpaired) electrons. The molecule has 1 fully saturated rings. The fourth-order valence-corrected chi connectivity index (χ4v) is 3.30. The second-order valence-electron chi connectivity index (χ2n) is 6.10. The Balaban J connectivity index is 1.53. The molecule has 1 saturated heterocycles. The SMILES string of the molecule is COc1ccc2c(c1)CC(C(=O)N1CCOCC1c1ncon1)CO2. The second-order valence-corrected chi connectivity index (χ2v) is 6.10. The Kier molecular flexibility index (Phi) is 4.27. The molecule has 0 spiro atoms. The summed E-state index contributed by atoms with van der Waals surface area (Å²) >= 11 is 0. The van der Waals surface area contributed by atoms with Crippen LogP contribution < -0.4 is 9.47 Å². The van der Waals surface area contributed by atoms with E-state index in [4.69, 9.17) is 18.7 Å². The topological polar surface area (TPSA) is 86.9 Å². The summed E-state index contributed by atoms with van der Waals surface area (Å²) in [6.07, 6.45) is 1.88. The van der Waals surface area contributed by atoms with E-state index in [-0.39, 0.29) is 17.9 Å². The van der Waals surface area contributed by atoms with Gasteiger partial charge in [0, 0.05) is 6.54 Å². The van der Waals surface area contributed by atoms with Gasteiger partial charge in [-0.1, -0.05) is 5.16 Å². The van der Waals surface area contributed by atoms with Crippen molar-refractivity contribution in [2.45, 2.75) is 12.5 Å². The minimum absolute atomic E-state index is 0.0200. The van der Waals surface area contributed by atoms with Crippen LogP contribution in [-0.2, 0) is 16.0 Å². The third kappa shape index (κ3) is 3.05. The van der Waals surface area contributed by atoms with Gasteiger partial charge in [0.15, 0.2) is 5.82 Å². The van der Waals surface area contributed by atoms with Crippen LogP contribution in [0.4, 0.5) is 0 Å². The molecule has 2 atom stereocenters. The number of hydrogen-bond donors (Lipinski definition) is 0. The van der Waals surface area contributed by atoms with E-state index in [0.717, 1.165) is 17.1 Å². The third-order valence-corrected chi connectivity index (χ3v) is 4.61. The molecule has 2 aliphatic heterocycles. The lowest BCUT2D eigenvalue weighted by Crippen LogP contribution is -2.48. The molecular formula is C17H19N3O5. The molecule has 1 amide bonds. The van der Waals surface area contributed by atoms with E-state index in [9.17, 15) is 4.79 Å². The number of benzene rings is 1. The fourth-order valence-electron chi connectivity index (χ4n) is 3.30. The van der Waals surface area contributed by atoms with E-state index >= 15 is 0 Å².